The summed E-state index contributed by atoms with van der Waals surface area (Å²) in [6.07, 6.45) is 1.36. The molecule has 6 nitrogen and oxygen atoms in total. The predicted molar refractivity (Wildman–Crippen MR) is 111 cm³/mol. The van der Waals surface area contributed by atoms with Crippen LogP contribution in [-0.4, -0.2) is 28.9 Å². The van der Waals surface area contributed by atoms with E-state index >= 15 is 0 Å². The first-order chi connectivity index (χ1) is 14.4. The van der Waals surface area contributed by atoms with Crippen LogP contribution in [0.4, 0.5) is 4.39 Å². The van der Waals surface area contributed by atoms with E-state index in [9.17, 15) is 9.18 Å². The maximum absolute atomic E-state index is 13.0. The standard InChI is InChI=1S/C23H26FN3O3/c1-16(2)27(13-18-6-10-20(29-3)11-7-18)14-22-26-21(15-30-22)23(28)25-12-17-4-8-19(24)9-5-17/h4-11,15-16H,12-14H2,1-3H3,(H,25,28). The van der Waals surface area contributed by atoms with Gasteiger partial charge in [0.1, 0.15) is 17.8 Å². The Morgan fingerprint density at radius 2 is 1.77 bits per heavy atom. The summed E-state index contributed by atoms with van der Waals surface area (Å²) in [5, 5.41) is 2.77. The average Bonchev–Trinajstić information content (AvgIpc) is 3.22. The third-order valence-corrected chi connectivity index (χ3v) is 4.76. The Morgan fingerprint density at radius 3 is 2.40 bits per heavy atom. The SMILES string of the molecule is COc1ccc(CN(Cc2nc(C(=O)NCc3ccc(F)cc3)co2)C(C)C)cc1. The second kappa shape index (κ2) is 10.0. The topological polar surface area (TPSA) is 67.6 Å². The molecular weight excluding hydrogens is 385 g/mol. The van der Waals surface area contributed by atoms with Crippen molar-refractivity contribution in [1.82, 2.24) is 15.2 Å². The van der Waals surface area contributed by atoms with Crippen molar-refractivity contribution in [3.05, 3.63) is 83.3 Å². The number of hydrogen-bond donors (Lipinski definition) is 1. The highest BCUT2D eigenvalue weighted by Crippen LogP contribution is 2.16. The lowest BCUT2D eigenvalue weighted by Crippen LogP contribution is -2.30. The van der Waals surface area contributed by atoms with Crippen molar-refractivity contribution in [2.75, 3.05) is 7.11 Å². The van der Waals surface area contributed by atoms with Gasteiger partial charge in [0, 0.05) is 19.1 Å². The summed E-state index contributed by atoms with van der Waals surface area (Å²) >= 11 is 0. The lowest BCUT2D eigenvalue weighted by atomic mass is 10.2. The van der Waals surface area contributed by atoms with Crippen molar-refractivity contribution >= 4 is 5.91 Å². The van der Waals surface area contributed by atoms with Gasteiger partial charge in [0.2, 0.25) is 5.89 Å². The van der Waals surface area contributed by atoms with Gasteiger partial charge in [-0.3, -0.25) is 9.69 Å². The molecule has 0 bridgehead atoms. The summed E-state index contributed by atoms with van der Waals surface area (Å²) in [6, 6.07) is 14.2. The van der Waals surface area contributed by atoms with E-state index in [1.165, 1.54) is 18.4 Å². The van der Waals surface area contributed by atoms with Gasteiger partial charge < -0.3 is 14.5 Å². The molecule has 1 heterocycles. The van der Waals surface area contributed by atoms with Crippen molar-refractivity contribution in [3.63, 3.8) is 0 Å². The molecule has 0 fully saturated rings. The fourth-order valence-corrected chi connectivity index (χ4v) is 2.92. The van der Waals surface area contributed by atoms with E-state index in [2.05, 4.69) is 29.0 Å². The van der Waals surface area contributed by atoms with E-state index in [1.54, 1.807) is 19.2 Å². The number of amides is 1. The van der Waals surface area contributed by atoms with Crippen LogP contribution in [0.5, 0.6) is 5.75 Å². The number of rotatable bonds is 9. The minimum Gasteiger partial charge on any atom is -0.497 e. The van der Waals surface area contributed by atoms with E-state index in [1.807, 2.05) is 24.3 Å². The molecule has 7 heteroatoms. The first kappa shape index (κ1) is 21.5. The second-order valence-corrected chi connectivity index (χ2v) is 7.28. The summed E-state index contributed by atoms with van der Waals surface area (Å²) < 4.78 is 23.7. The highest BCUT2D eigenvalue weighted by Gasteiger charge is 2.17. The fraction of sp³-hybridized carbons (Fsp3) is 0.304. The molecule has 0 spiro atoms. The number of aromatic nitrogens is 1. The number of carbonyl (C=O) groups excluding carboxylic acids is 1. The number of carbonyl (C=O) groups is 1. The van der Waals surface area contributed by atoms with Crippen LogP contribution in [0.15, 0.2) is 59.2 Å². The summed E-state index contributed by atoms with van der Waals surface area (Å²) in [5.74, 6) is 0.652. The number of nitrogens with zero attached hydrogens (tertiary/aromatic N) is 2. The Morgan fingerprint density at radius 1 is 1.10 bits per heavy atom. The Labute approximate surface area is 175 Å². The quantitative estimate of drug-likeness (QED) is 0.573. The number of methoxy groups -OCH3 is 1. The molecule has 30 heavy (non-hydrogen) atoms. The largest absolute Gasteiger partial charge is 0.497 e. The molecule has 0 unspecified atom stereocenters. The van der Waals surface area contributed by atoms with E-state index < -0.39 is 0 Å². The second-order valence-electron chi connectivity index (χ2n) is 7.28. The van der Waals surface area contributed by atoms with Crippen LogP contribution in [0.3, 0.4) is 0 Å². The Hall–Kier alpha value is -3.19. The van der Waals surface area contributed by atoms with Gasteiger partial charge in [0.05, 0.1) is 13.7 Å². The summed E-state index contributed by atoms with van der Waals surface area (Å²) in [4.78, 5) is 18.9. The third kappa shape index (κ3) is 5.90. The molecular formula is C23H26FN3O3. The van der Waals surface area contributed by atoms with Gasteiger partial charge in [-0.15, -0.1) is 0 Å². The molecule has 3 aromatic rings. The van der Waals surface area contributed by atoms with Crippen LogP contribution in [0.2, 0.25) is 0 Å². The molecule has 0 aliphatic rings. The molecule has 1 aromatic heterocycles. The van der Waals surface area contributed by atoms with Gasteiger partial charge in [0.15, 0.2) is 5.69 Å². The van der Waals surface area contributed by atoms with E-state index in [-0.39, 0.29) is 30.0 Å². The van der Waals surface area contributed by atoms with Crippen LogP contribution >= 0.6 is 0 Å². The van der Waals surface area contributed by atoms with Gasteiger partial charge in [-0.05, 0) is 49.2 Å². The molecule has 0 saturated heterocycles. The van der Waals surface area contributed by atoms with Gasteiger partial charge in [0.25, 0.3) is 5.91 Å². The first-order valence-corrected chi connectivity index (χ1v) is 9.78. The maximum atomic E-state index is 13.0. The van der Waals surface area contributed by atoms with E-state index in [0.29, 0.717) is 12.4 Å². The van der Waals surface area contributed by atoms with E-state index in [4.69, 9.17) is 9.15 Å². The normalized spacial score (nSPS) is 11.1. The molecule has 2 aromatic carbocycles. The van der Waals surface area contributed by atoms with Crippen LogP contribution in [-0.2, 0) is 19.6 Å². The molecule has 0 aliphatic carbocycles. The smallest absolute Gasteiger partial charge is 0.273 e. The minimum absolute atomic E-state index is 0.222. The Kier molecular flexibility index (Phi) is 7.19. The molecule has 3 rings (SSSR count). The predicted octanol–water partition coefficient (Wildman–Crippen LogP) is 4.16. The Balaban J connectivity index is 1.58. The monoisotopic (exact) mass is 411 g/mol. The third-order valence-electron chi connectivity index (χ3n) is 4.76. The minimum atomic E-state index is -0.333. The Bertz CT molecular complexity index is 953. The van der Waals surface area contributed by atoms with Crippen LogP contribution in [0.25, 0.3) is 0 Å². The molecule has 1 amide bonds. The molecule has 1 N–H and O–H groups in total. The van der Waals surface area contributed by atoms with E-state index in [0.717, 1.165) is 23.4 Å². The zero-order valence-electron chi connectivity index (χ0n) is 17.4. The van der Waals surface area contributed by atoms with Gasteiger partial charge in [-0.25, -0.2) is 9.37 Å². The first-order valence-electron chi connectivity index (χ1n) is 9.78. The molecule has 0 radical (unpaired) electrons. The molecule has 0 atom stereocenters. The maximum Gasteiger partial charge on any atom is 0.273 e. The van der Waals surface area contributed by atoms with Crippen molar-refractivity contribution in [3.8, 4) is 5.75 Å². The fourth-order valence-electron chi connectivity index (χ4n) is 2.92. The summed E-state index contributed by atoms with van der Waals surface area (Å²) in [7, 11) is 1.64. The molecule has 158 valence electrons. The number of hydrogen-bond acceptors (Lipinski definition) is 5. The van der Waals surface area contributed by atoms with Crippen molar-refractivity contribution in [2.45, 2.75) is 39.5 Å². The highest BCUT2D eigenvalue weighted by molar-refractivity contribution is 5.91. The molecule has 0 aliphatic heterocycles. The van der Waals surface area contributed by atoms with Crippen LogP contribution in [0.1, 0.15) is 41.4 Å². The number of ether oxygens (including phenoxy) is 1. The lowest BCUT2D eigenvalue weighted by Gasteiger charge is -2.25. The highest BCUT2D eigenvalue weighted by atomic mass is 19.1. The van der Waals surface area contributed by atoms with Crippen molar-refractivity contribution < 1.29 is 18.3 Å². The number of oxazole rings is 1. The molecule has 0 saturated carbocycles. The lowest BCUT2D eigenvalue weighted by molar-refractivity contribution is 0.0945. The van der Waals surface area contributed by atoms with Gasteiger partial charge in [-0.2, -0.15) is 0 Å². The van der Waals surface area contributed by atoms with Gasteiger partial charge >= 0.3 is 0 Å². The zero-order chi connectivity index (χ0) is 21.5. The zero-order valence-corrected chi connectivity index (χ0v) is 17.4. The summed E-state index contributed by atoms with van der Waals surface area (Å²) in [5.41, 5.74) is 2.17. The van der Waals surface area contributed by atoms with Crippen molar-refractivity contribution in [1.29, 1.82) is 0 Å². The van der Waals surface area contributed by atoms with Gasteiger partial charge in [-0.1, -0.05) is 24.3 Å². The van der Waals surface area contributed by atoms with Crippen molar-refractivity contribution in [2.24, 2.45) is 0 Å². The number of nitrogens with one attached hydrogen (secondary N) is 1. The van der Waals surface area contributed by atoms with Crippen LogP contribution < -0.4 is 10.1 Å². The number of benzene rings is 2. The van der Waals surface area contributed by atoms with Crippen LogP contribution in [0, 0.1) is 5.82 Å². The number of halogens is 1. The average molecular weight is 411 g/mol. The summed E-state index contributed by atoms with van der Waals surface area (Å²) in [6.45, 7) is 5.69.